The van der Waals surface area contributed by atoms with Crippen molar-refractivity contribution in [2.75, 3.05) is 13.2 Å². The van der Waals surface area contributed by atoms with Gasteiger partial charge < -0.3 is 36.5 Å². The summed E-state index contributed by atoms with van der Waals surface area (Å²) in [5.74, 6) is -1.89. The summed E-state index contributed by atoms with van der Waals surface area (Å²) in [6.45, 7) is 6.47. The van der Waals surface area contributed by atoms with Crippen LogP contribution in [0.1, 0.15) is 75.7 Å². The number of carbonyl (C=O) groups excluding carboxylic acids is 3. The van der Waals surface area contributed by atoms with Crippen molar-refractivity contribution >= 4 is 23.7 Å². The molecule has 4 unspecified atom stereocenters. The van der Waals surface area contributed by atoms with Crippen LogP contribution in [-0.4, -0.2) is 74.7 Å². The second kappa shape index (κ2) is 19.5. The molecule has 0 fully saturated rings. The van der Waals surface area contributed by atoms with Crippen molar-refractivity contribution in [2.45, 2.75) is 103 Å². The number of imidazole rings is 1. The number of hydrogen-bond acceptors (Lipinski definition) is 7. The van der Waals surface area contributed by atoms with E-state index < -0.39 is 48.4 Å². The molecule has 7 N–H and O–H groups in total. The molecule has 0 saturated carbocycles. The average molecular weight is 615 g/mol. The number of carboxylic acids is 1. The van der Waals surface area contributed by atoms with Gasteiger partial charge in [0.05, 0.1) is 13.0 Å². The smallest absolute Gasteiger partial charge is 0.326 e. The van der Waals surface area contributed by atoms with Gasteiger partial charge in [-0.25, -0.2) is 9.78 Å². The zero-order valence-corrected chi connectivity index (χ0v) is 26.3. The van der Waals surface area contributed by atoms with Crippen molar-refractivity contribution in [3.8, 4) is 0 Å². The van der Waals surface area contributed by atoms with Crippen LogP contribution in [0.4, 0.5) is 0 Å². The summed E-state index contributed by atoms with van der Waals surface area (Å²) >= 11 is 0. The number of aryl methyl sites for hydroxylation is 3. The van der Waals surface area contributed by atoms with E-state index >= 15 is 0 Å². The number of benzene rings is 1. The van der Waals surface area contributed by atoms with E-state index in [1.165, 1.54) is 0 Å². The number of nitrogens with two attached hydrogens (primary N) is 1. The third-order valence-electron chi connectivity index (χ3n) is 7.79. The third-order valence-corrected chi connectivity index (χ3v) is 7.79. The van der Waals surface area contributed by atoms with E-state index in [0.717, 1.165) is 49.2 Å². The number of aliphatic carboxylic acids is 1. The van der Waals surface area contributed by atoms with Gasteiger partial charge >= 0.3 is 5.97 Å². The Labute approximate surface area is 260 Å². The number of aromatic nitrogens is 2. The van der Waals surface area contributed by atoms with Gasteiger partial charge in [0.2, 0.25) is 17.7 Å². The molecule has 2 rings (SSSR count). The number of hydrogen-bond donors (Lipinski definition) is 6. The molecule has 4 atom stereocenters. The monoisotopic (exact) mass is 614 g/mol. The molecule has 12 nitrogen and oxygen atoms in total. The van der Waals surface area contributed by atoms with Crippen LogP contribution >= 0.6 is 0 Å². The summed E-state index contributed by atoms with van der Waals surface area (Å²) in [7, 11) is 0. The van der Waals surface area contributed by atoms with Crippen LogP contribution in [0.5, 0.6) is 0 Å². The second-order valence-corrected chi connectivity index (χ2v) is 11.4. The SMILES string of the molecule is CCC(C)CC(NC(=O)C(CCCCN)NC(=O)C(CO)NC(=O)Cc1ccc(CCCCn2ccnc2C)cc1)C(=O)O. The number of unbranched alkanes of at least 4 members (excludes halogenated alkanes) is 2. The fourth-order valence-corrected chi connectivity index (χ4v) is 4.80. The number of nitrogens with one attached hydrogen (secondary N) is 3. The van der Waals surface area contributed by atoms with Crippen LogP contribution in [0, 0.1) is 12.8 Å². The Kier molecular flexibility index (Phi) is 16.1. The molecule has 0 aliphatic heterocycles. The first kappa shape index (κ1) is 36.4. The van der Waals surface area contributed by atoms with Gasteiger partial charge in [0.1, 0.15) is 23.9 Å². The van der Waals surface area contributed by atoms with E-state index in [9.17, 15) is 29.4 Å². The van der Waals surface area contributed by atoms with Crippen molar-refractivity contribution < 1.29 is 29.4 Å². The Morgan fingerprint density at radius 2 is 1.59 bits per heavy atom. The van der Waals surface area contributed by atoms with Gasteiger partial charge in [-0.15, -0.1) is 0 Å². The molecule has 0 aliphatic rings. The molecule has 1 aromatic carbocycles. The molecule has 0 radical (unpaired) electrons. The molecule has 2 aromatic rings. The number of aliphatic hydroxyl groups is 1. The van der Waals surface area contributed by atoms with Crippen molar-refractivity contribution in [1.29, 1.82) is 0 Å². The minimum Gasteiger partial charge on any atom is -0.480 e. The zero-order valence-electron chi connectivity index (χ0n) is 26.3. The van der Waals surface area contributed by atoms with Crippen LogP contribution in [0.3, 0.4) is 0 Å². The van der Waals surface area contributed by atoms with Crippen molar-refractivity contribution in [2.24, 2.45) is 11.7 Å². The maximum absolute atomic E-state index is 13.0. The van der Waals surface area contributed by atoms with Gasteiger partial charge in [-0.3, -0.25) is 14.4 Å². The quantitative estimate of drug-likeness (QED) is 0.115. The summed E-state index contributed by atoms with van der Waals surface area (Å²) in [6, 6.07) is 4.29. The molecule has 0 bridgehead atoms. The maximum Gasteiger partial charge on any atom is 0.326 e. The van der Waals surface area contributed by atoms with Crippen molar-refractivity contribution in [3.05, 3.63) is 53.6 Å². The summed E-state index contributed by atoms with van der Waals surface area (Å²) < 4.78 is 2.13. The van der Waals surface area contributed by atoms with Crippen LogP contribution < -0.4 is 21.7 Å². The lowest BCUT2D eigenvalue weighted by Gasteiger charge is -2.24. The zero-order chi connectivity index (χ0) is 32.5. The highest BCUT2D eigenvalue weighted by Crippen LogP contribution is 2.12. The number of carboxylic acid groups (broad SMARTS) is 1. The summed E-state index contributed by atoms with van der Waals surface area (Å²) in [5, 5.41) is 27.1. The molecule has 244 valence electrons. The van der Waals surface area contributed by atoms with Gasteiger partial charge in [0.25, 0.3) is 0 Å². The Morgan fingerprint density at radius 3 is 2.18 bits per heavy atom. The minimum atomic E-state index is -1.28. The summed E-state index contributed by atoms with van der Waals surface area (Å²) in [6.07, 6.45) is 9.12. The molecule has 3 amide bonds. The highest BCUT2D eigenvalue weighted by molar-refractivity contribution is 5.93. The standard InChI is InChI=1S/C32H50N6O6/c1-4-22(2)19-27(32(43)44)37-30(41)26(10-5-7-15-33)36-31(42)28(21-39)35-29(40)20-25-13-11-24(12-14-25)9-6-8-17-38-18-16-34-23(38)3/h11-14,16,18,22,26-28,39H,4-10,15,17,19-21,33H2,1-3H3,(H,35,40)(H,36,42)(H,37,41)(H,43,44). The molecular formula is C32H50N6O6. The first-order valence-electron chi connectivity index (χ1n) is 15.6. The first-order chi connectivity index (χ1) is 21.1. The van der Waals surface area contributed by atoms with E-state index in [4.69, 9.17) is 5.73 Å². The molecule has 1 heterocycles. The lowest BCUT2D eigenvalue weighted by atomic mass is 9.98. The number of rotatable bonds is 21. The summed E-state index contributed by atoms with van der Waals surface area (Å²) in [4.78, 5) is 54.8. The van der Waals surface area contributed by atoms with E-state index in [1.807, 2.05) is 51.2 Å². The van der Waals surface area contributed by atoms with Crippen molar-refractivity contribution in [1.82, 2.24) is 25.5 Å². The third kappa shape index (κ3) is 12.8. The number of aliphatic hydroxyl groups excluding tert-OH is 1. The van der Waals surface area contributed by atoms with Crippen LogP contribution in [0.15, 0.2) is 36.7 Å². The van der Waals surface area contributed by atoms with Gasteiger partial charge in [0, 0.05) is 18.9 Å². The lowest BCUT2D eigenvalue weighted by molar-refractivity contribution is -0.143. The van der Waals surface area contributed by atoms with E-state index in [1.54, 1.807) is 6.20 Å². The average Bonchev–Trinajstić information content (AvgIpc) is 3.41. The topological polar surface area (TPSA) is 189 Å². The minimum absolute atomic E-state index is 0.0142. The Bertz CT molecular complexity index is 1180. The highest BCUT2D eigenvalue weighted by atomic mass is 16.4. The fraction of sp³-hybridized carbons (Fsp3) is 0.594. The predicted octanol–water partition coefficient (Wildman–Crippen LogP) is 1.85. The fourth-order valence-electron chi connectivity index (χ4n) is 4.80. The largest absolute Gasteiger partial charge is 0.480 e. The Balaban J connectivity index is 1.91. The highest BCUT2D eigenvalue weighted by Gasteiger charge is 2.29. The second-order valence-electron chi connectivity index (χ2n) is 11.4. The van der Waals surface area contributed by atoms with Crippen LogP contribution in [0.25, 0.3) is 0 Å². The van der Waals surface area contributed by atoms with Gasteiger partial charge in [0.15, 0.2) is 0 Å². The molecular weight excluding hydrogens is 564 g/mol. The molecule has 1 aromatic heterocycles. The van der Waals surface area contributed by atoms with Gasteiger partial charge in [-0.05, 0) is 75.5 Å². The molecule has 0 spiro atoms. The number of amides is 3. The molecule has 0 aliphatic carbocycles. The Hall–Kier alpha value is -3.77. The molecule has 0 saturated heterocycles. The van der Waals surface area contributed by atoms with Crippen molar-refractivity contribution in [3.63, 3.8) is 0 Å². The maximum atomic E-state index is 13.0. The number of nitrogens with zero attached hydrogens (tertiary/aromatic N) is 2. The van der Waals surface area contributed by atoms with Crippen LogP contribution in [-0.2, 0) is 38.6 Å². The predicted molar refractivity (Wildman–Crippen MR) is 168 cm³/mol. The lowest BCUT2D eigenvalue weighted by Crippen LogP contribution is -2.56. The summed E-state index contributed by atoms with van der Waals surface area (Å²) in [5.41, 5.74) is 7.50. The van der Waals surface area contributed by atoms with E-state index in [-0.39, 0.29) is 25.2 Å². The van der Waals surface area contributed by atoms with Gasteiger partial charge in [-0.1, -0.05) is 44.5 Å². The first-order valence-corrected chi connectivity index (χ1v) is 15.6. The Morgan fingerprint density at radius 1 is 0.932 bits per heavy atom. The van der Waals surface area contributed by atoms with E-state index in [0.29, 0.717) is 19.4 Å². The van der Waals surface area contributed by atoms with E-state index in [2.05, 4.69) is 25.5 Å². The van der Waals surface area contributed by atoms with Gasteiger partial charge in [-0.2, -0.15) is 0 Å². The normalized spacial score (nSPS) is 13.8. The van der Waals surface area contributed by atoms with Crippen LogP contribution in [0.2, 0.25) is 0 Å². The molecule has 44 heavy (non-hydrogen) atoms. The number of carbonyl (C=O) groups is 4. The molecule has 12 heteroatoms.